The number of amides is 1. The molecule has 0 bridgehead atoms. The first-order valence-corrected chi connectivity index (χ1v) is 6.60. The Hall–Kier alpha value is -1.46. The van der Waals surface area contributed by atoms with Crippen LogP contribution in [0.1, 0.15) is 30.1 Å². The number of ether oxygens (including phenoxy) is 1. The first kappa shape index (κ1) is 14.0. The molecule has 1 aliphatic heterocycles. The van der Waals surface area contributed by atoms with Crippen molar-refractivity contribution in [2.24, 2.45) is 5.73 Å². The second-order valence-corrected chi connectivity index (χ2v) is 4.96. The van der Waals surface area contributed by atoms with Gasteiger partial charge in [-0.15, -0.1) is 0 Å². The first-order valence-electron chi connectivity index (χ1n) is 6.60. The molecule has 2 rings (SSSR count). The van der Waals surface area contributed by atoms with E-state index in [4.69, 9.17) is 10.5 Å². The maximum Gasteiger partial charge on any atom is 0.223 e. The smallest absolute Gasteiger partial charge is 0.223 e. The van der Waals surface area contributed by atoms with Crippen molar-refractivity contribution >= 4 is 5.91 Å². The van der Waals surface area contributed by atoms with E-state index in [1.54, 1.807) is 7.11 Å². The summed E-state index contributed by atoms with van der Waals surface area (Å²) in [4.78, 5) is 18.2. The van der Waals surface area contributed by atoms with E-state index in [1.807, 2.05) is 30.2 Å². The molecule has 0 radical (unpaired) electrons. The van der Waals surface area contributed by atoms with Gasteiger partial charge in [-0.25, -0.2) is 0 Å². The molecule has 0 aliphatic carbocycles. The van der Waals surface area contributed by atoms with Gasteiger partial charge in [-0.1, -0.05) is 6.07 Å². The van der Waals surface area contributed by atoms with Crippen LogP contribution in [0, 0.1) is 6.92 Å². The molecule has 1 saturated heterocycles. The predicted octanol–water partition coefficient (Wildman–Crippen LogP) is 1.03. The van der Waals surface area contributed by atoms with Gasteiger partial charge in [0, 0.05) is 38.0 Å². The van der Waals surface area contributed by atoms with Crippen LogP contribution in [0.3, 0.4) is 0 Å². The minimum absolute atomic E-state index is 0.0425. The van der Waals surface area contributed by atoms with Crippen LogP contribution in [0.2, 0.25) is 0 Å². The number of rotatable bonds is 4. The molecule has 2 atom stereocenters. The number of carbonyl (C=O) groups is 1. The molecule has 1 amide bonds. The first-order chi connectivity index (χ1) is 9.13. The van der Waals surface area contributed by atoms with Crippen molar-refractivity contribution in [1.82, 2.24) is 9.88 Å². The highest BCUT2D eigenvalue weighted by atomic mass is 16.5. The molecule has 0 spiro atoms. The lowest BCUT2D eigenvalue weighted by Gasteiger charge is -2.39. The third kappa shape index (κ3) is 3.11. The summed E-state index contributed by atoms with van der Waals surface area (Å²) in [5.74, 6) is 0.143. The molecule has 2 N–H and O–H groups in total. The summed E-state index contributed by atoms with van der Waals surface area (Å²) in [6, 6.07) is 3.82. The van der Waals surface area contributed by atoms with Gasteiger partial charge < -0.3 is 15.4 Å². The zero-order chi connectivity index (χ0) is 13.8. The number of pyridine rings is 1. The Labute approximate surface area is 113 Å². The van der Waals surface area contributed by atoms with E-state index in [9.17, 15) is 4.79 Å². The van der Waals surface area contributed by atoms with Crippen LogP contribution in [-0.2, 0) is 9.53 Å². The fourth-order valence-corrected chi connectivity index (χ4v) is 2.51. The molecule has 1 aromatic rings. The van der Waals surface area contributed by atoms with E-state index < -0.39 is 0 Å². The highest BCUT2D eigenvalue weighted by Gasteiger charge is 2.34. The summed E-state index contributed by atoms with van der Waals surface area (Å²) in [7, 11) is 1.64. The number of aromatic nitrogens is 1. The number of methoxy groups -OCH3 is 1. The van der Waals surface area contributed by atoms with E-state index in [2.05, 4.69) is 4.98 Å². The van der Waals surface area contributed by atoms with E-state index >= 15 is 0 Å². The van der Waals surface area contributed by atoms with Crippen LogP contribution >= 0.6 is 0 Å². The average molecular weight is 263 g/mol. The molecule has 1 aromatic heterocycles. The molecular formula is C14H21N3O2. The maximum absolute atomic E-state index is 12.1. The van der Waals surface area contributed by atoms with Crippen molar-refractivity contribution < 1.29 is 9.53 Å². The second kappa shape index (κ2) is 6.12. The molecule has 0 aromatic carbocycles. The molecule has 2 unspecified atom stereocenters. The van der Waals surface area contributed by atoms with Crippen LogP contribution in [0.25, 0.3) is 0 Å². The van der Waals surface area contributed by atoms with E-state index in [-0.39, 0.29) is 18.0 Å². The Balaban J connectivity index is 2.25. The van der Waals surface area contributed by atoms with E-state index in [1.165, 1.54) is 0 Å². The van der Waals surface area contributed by atoms with Gasteiger partial charge in [0.05, 0.1) is 12.6 Å². The fraction of sp³-hybridized carbons (Fsp3) is 0.571. The van der Waals surface area contributed by atoms with Gasteiger partial charge in [-0.05, 0) is 25.0 Å². The van der Waals surface area contributed by atoms with Gasteiger partial charge in [0.1, 0.15) is 0 Å². The molecule has 1 fully saturated rings. The lowest BCUT2D eigenvalue weighted by atomic mass is 9.91. The van der Waals surface area contributed by atoms with Crippen LogP contribution in [0.4, 0.5) is 0 Å². The number of likely N-dealkylation sites (tertiary alicyclic amines) is 1. The van der Waals surface area contributed by atoms with Crippen LogP contribution in [0.5, 0.6) is 0 Å². The Morgan fingerprint density at radius 2 is 2.32 bits per heavy atom. The zero-order valence-corrected chi connectivity index (χ0v) is 11.5. The molecular weight excluding hydrogens is 242 g/mol. The lowest BCUT2D eigenvalue weighted by Crippen LogP contribution is -2.49. The van der Waals surface area contributed by atoms with Gasteiger partial charge in [-0.3, -0.25) is 9.78 Å². The van der Waals surface area contributed by atoms with Gasteiger partial charge in [0.2, 0.25) is 5.91 Å². The number of carbonyl (C=O) groups excluding carboxylic acids is 1. The second-order valence-electron chi connectivity index (χ2n) is 4.96. The Morgan fingerprint density at radius 1 is 1.53 bits per heavy atom. The van der Waals surface area contributed by atoms with Crippen molar-refractivity contribution in [2.75, 3.05) is 20.3 Å². The number of nitrogens with two attached hydrogens (primary N) is 1. The van der Waals surface area contributed by atoms with Crippen molar-refractivity contribution in [3.05, 3.63) is 29.6 Å². The van der Waals surface area contributed by atoms with Gasteiger partial charge in [0.25, 0.3) is 0 Å². The van der Waals surface area contributed by atoms with Gasteiger partial charge in [0.15, 0.2) is 0 Å². The monoisotopic (exact) mass is 263 g/mol. The van der Waals surface area contributed by atoms with Gasteiger partial charge in [-0.2, -0.15) is 0 Å². The quantitative estimate of drug-likeness (QED) is 0.881. The standard InChI is InChI=1S/C14H21N3O2/c1-10-3-4-11(9-16-10)14-12(15)5-6-13(18)17(14)7-8-19-2/h3-4,9,12,14H,5-8,15H2,1-2H3. The van der Waals surface area contributed by atoms with E-state index in [0.717, 1.165) is 17.7 Å². The largest absolute Gasteiger partial charge is 0.383 e. The Morgan fingerprint density at radius 3 is 2.95 bits per heavy atom. The number of hydrogen-bond acceptors (Lipinski definition) is 4. The predicted molar refractivity (Wildman–Crippen MR) is 72.5 cm³/mol. The summed E-state index contributed by atoms with van der Waals surface area (Å²) in [6.45, 7) is 3.04. The molecule has 19 heavy (non-hydrogen) atoms. The van der Waals surface area contributed by atoms with Crippen molar-refractivity contribution in [2.45, 2.75) is 31.8 Å². The summed E-state index contributed by atoms with van der Waals surface area (Å²) in [6.07, 6.45) is 3.06. The van der Waals surface area contributed by atoms with Crippen molar-refractivity contribution in [3.63, 3.8) is 0 Å². The number of hydrogen-bond donors (Lipinski definition) is 1. The third-order valence-electron chi connectivity index (χ3n) is 3.57. The SMILES string of the molecule is COCCN1C(=O)CCC(N)C1c1ccc(C)nc1. The topological polar surface area (TPSA) is 68.5 Å². The third-order valence-corrected chi connectivity index (χ3v) is 3.57. The minimum Gasteiger partial charge on any atom is -0.383 e. The summed E-state index contributed by atoms with van der Waals surface area (Å²) < 4.78 is 5.08. The molecule has 104 valence electrons. The van der Waals surface area contributed by atoms with Crippen molar-refractivity contribution in [1.29, 1.82) is 0 Å². The molecule has 5 heteroatoms. The summed E-state index contributed by atoms with van der Waals surface area (Å²) in [5, 5.41) is 0. The average Bonchev–Trinajstić information content (AvgIpc) is 2.41. The molecule has 0 saturated carbocycles. The number of nitrogens with zero attached hydrogens (tertiary/aromatic N) is 2. The normalized spacial score (nSPS) is 23.7. The molecule has 5 nitrogen and oxygen atoms in total. The van der Waals surface area contributed by atoms with E-state index in [0.29, 0.717) is 19.6 Å². The fourth-order valence-electron chi connectivity index (χ4n) is 2.51. The summed E-state index contributed by atoms with van der Waals surface area (Å²) in [5.41, 5.74) is 8.17. The number of aryl methyl sites for hydroxylation is 1. The lowest BCUT2D eigenvalue weighted by molar-refractivity contribution is -0.138. The maximum atomic E-state index is 12.1. The highest BCUT2D eigenvalue weighted by molar-refractivity contribution is 5.78. The number of piperidine rings is 1. The Kier molecular flexibility index (Phi) is 4.50. The molecule has 2 heterocycles. The summed E-state index contributed by atoms with van der Waals surface area (Å²) >= 11 is 0. The van der Waals surface area contributed by atoms with Crippen LogP contribution < -0.4 is 5.73 Å². The van der Waals surface area contributed by atoms with Crippen molar-refractivity contribution in [3.8, 4) is 0 Å². The zero-order valence-electron chi connectivity index (χ0n) is 11.5. The van der Waals surface area contributed by atoms with Gasteiger partial charge >= 0.3 is 0 Å². The minimum atomic E-state index is -0.0931. The van der Waals surface area contributed by atoms with Crippen LogP contribution in [0.15, 0.2) is 18.3 Å². The highest BCUT2D eigenvalue weighted by Crippen LogP contribution is 2.30. The molecule has 1 aliphatic rings. The van der Waals surface area contributed by atoms with Crippen LogP contribution in [-0.4, -0.2) is 42.1 Å². The Bertz CT molecular complexity index is 433.